The first kappa shape index (κ1) is 12.0. The molecular weight excluding hydrogens is 218 g/mol. The fraction of sp³-hybridized carbons (Fsp3) is 0.538. The average Bonchev–Trinajstić information content (AvgIpc) is 2.33. The quantitative estimate of drug-likeness (QED) is 0.795. The van der Waals surface area contributed by atoms with Crippen molar-refractivity contribution in [3.05, 3.63) is 33.7 Å². The molecule has 1 unspecified atom stereocenters. The summed E-state index contributed by atoms with van der Waals surface area (Å²) in [5, 5.41) is 0. The number of fused-ring (bicyclic) bond motifs is 1. The Morgan fingerprint density at radius 1 is 1.35 bits per heavy atom. The van der Waals surface area contributed by atoms with Crippen molar-refractivity contribution in [1.82, 2.24) is 4.57 Å². The summed E-state index contributed by atoms with van der Waals surface area (Å²) in [6, 6.07) is 3.14. The molecule has 0 saturated carbocycles. The Morgan fingerprint density at radius 3 is 2.82 bits per heavy atom. The lowest BCUT2D eigenvalue weighted by atomic mass is 9.94. The van der Waals surface area contributed by atoms with E-state index in [0.29, 0.717) is 18.5 Å². The van der Waals surface area contributed by atoms with Crippen LogP contribution in [0.1, 0.15) is 35.8 Å². The third-order valence-electron chi connectivity index (χ3n) is 3.26. The first-order valence-corrected chi connectivity index (χ1v) is 5.92. The van der Waals surface area contributed by atoms with Crippen molar-refractivity contribution in [3.8, 4) is 0 Å². The van der Waals surface area contributed by atoms with Gasteiger partial charge in [0.1, 0.15) is 0 Å². The summed E-state index contributed by atoms with van der Waals surface area (Å²) in [6.45, 7) is 2.42. The zero-order chi connectivity index (χ0) is 12.4. The number of carbonyl (C=O) groups excluding carboxylic acids is 1. The Labute approximate surface area is 100 Å². The molecule has 0 amide bonds. The van der Waals surface area contributed by atoms with Crippen LogP contribution in [0.5, 0.6) is 0 Å². The predicted octanol–water partition coefficient (Wildman–Crippen LogP) is 1.40. The van der Waals surface area contributed by atoms with E-state index in [-0.39, 0.29) is 17.4 Å². The van der Waals surface area contributed by atoms with Crippen LogP contribution in [-0.2, 0) is 17.7 Å². The molecule has 0 bridgehead atoms. The van der Waals surface area contributed by atoms with Gasteiger partial charge in [0.15, 0.2) is 5.78 Å². The van der Waals surface area contributed by atoms with Crippen molar-refractivity contribution in [2.24, 2.45) is 0 Å². The van der Waals surface area contributed by atoms with E-state index in [4.69, 9.17) is 4.74 Å². The van der Waals surface area contributed by atoms with Gasteiger partial charge >= 0.3 is 0 Å². The second kappa shape index (κ2) is 4.84. The molecule has 0 aliphatic heterocycles. The number of nitrogens with zero attached hydrogens (tertiary/aromatic N) is 1. The van der Waals surface area contributed by atoms with E-state index in [9.17, 15) is 9.59 Å². The molecule has 4 heteroatoms. The van der Waals surface area contributed by atoms with Crippen molar-refractivity contribution in [3.63, 3.8) is 0 Å². The van der Waals surface area contributed by atoms with E-state index < -0.39 is 0 Å². The molecule has 92 valence electrons. The number of rotatable bonds is 3. The van der Waals surface area contributed by atoms with E-state index >= 15 is 0 Å². The summed E-state index contributed by atoms with van der Waals surface area (Å²) in [5.41, 5.74) is 1.53. The number of methoxy groups -OCH3 is 1. The highest BCUT2D eigenvalue weighted by Gasteiger charge is 2.21. The number of pyridine rings is 1. The maximum Gasteiger partial charge on any atom is 0.250 e. The van der Waals surface area contributed by atoms with Gasteiger partial charge in [-0.05, 0) is 25.8 Å². The Kier molecular flexibility index (Phi) is 3.43. The zero-order valence-electron chi connectivity index (χ0n) is 10.2. The normalized spacial score (nSPS) is 16.7. The van der Waals surface area contributed by atoms with Gasteiger partial charge in [-0.3, -0.25) is 9.59 Å². The van der Waals surface area contributed by atoms with Gasteiger partial charge in [-0.15, -0.1) is 0 Å². The Morgan fingerprint density at radius 2 is 2.12 bits per heavy atom. The highest BCUT2D eigenvalue weighted by Crippen LogP contribution is 2.19. The van der Waals surface area contributed by atoms with Crippen LogP contribution in [0, 0.1) is 0 Å². The first-order chi connectivity index (χ1) is 8.13. The molecule has 17 heavy (non-hydrogen) atoms. The zero-order valence-corrected chi connectivity index (χ0v) is 10.2. The van der Waals surface area contributed by atoms with E-state index in [1.165, 1.54) is 6.07 Å². The van der Waals surface area contributed by atoms with E-state index in [2.05, 4.69) is 0 Å². The number of carbonyl (C=O) groups is 1. The molecule has 0 aromatic carbocycles. The maximum atomic E-state index is 11.8. The number of Topliss-reactive ketones (excluding diaryl/α,β-unsaturated/α-hetero) is 1. The van der Waals surface area contributed by atoms with Crippen molar-refractivity contribution >= 4 is 5.78 Å². The highest BCUT2D eigenvalue weighted by atomic mass is 16.5. The van der Waals surface area contributed by atoms with Gasteiger partial charge in [0, 0.05) is 30.9 Å². The maximum absolute atomic E-state index is 11.8. The third-order valence-corrected chi connectivity index (χ3v) is 3.26. The second-order valence-corrected chi connectivity index (χ2v) is 4.47. The molecule has 0 spiro atoms. The van der Waals surface area contributed by atoms with Crippen LogP contribution in [0.4, 0.5) is 0 Å². The molecule has 0 fully saturated rings. The van der Waals surface area contributed by atoms with Crippen molar-refractivity contribution < 1.29 is 9.53 Å². The van der Waals surface area contributed by atoms with Gasteiger partial charge in [0.2, 0.25) is 0 Å². The number of hydrogen-bond acceptors (Lipinski definition) is 3. The van der Waals surface area contributed by atoms with Crippen LogP contribution in [0.25, 0.3) is 0 Å². The van der Waals surface area contributed by atoms with E-state index in [1.807, 2.05) is 6.92 Å². The van der Waals surface area contributed by atoms with Crippen LogP contribution in [0.3, 0.4) is 0 Å². The number of ketones is 1. The molecule has 1 aromatic rings. The first-order valence-electron chi connectivity index (χ1n) is 5.92. The van der Waals surface area contributed by atoms with Gasteiger partial charge in [0.05, 0.1) is 12.6 Å². The summed E-state index contributed by atoms with van der Waals surface area (Å²) in [5.74, 6) is 0.144. The Hall–Kier alpha value is -1.42. The highest BCUT2D eigenvalue weighted by molar-refractivity contribution is 5.97. The third kappa shape index (κ3) is 2.31. The van der Waals surface area contributed by atoms with Crippen LogP contribution in [-0.4, -0.2) is 23.6 Å². The smallest absolute Gasteiger partial charge is 0.250 e. The molecule has 0 N–H and O–H groups in total. The number of ether oxygens (including phenoxy) is 1. The number of hydrogen-bond donors (Lipinski definition) is 0. The predicted molar refractivity (Wildman–Crippen MR) is 64.4 cm³/mol. The molecule has 0 saturated heterocycles. The lowest BCUT2D eigenvalue weighted by Gasteiger charge is -2.21. The fourth-order valence-electron chi connectivity index (χ4n) is 2.23. The summed E-state index contributed by atoms with van der Waals surface area (Å²) in [4.78, 5) is 23.6. The van der Waals surface area contributed by atoms with E-state index in [0.717, 1.165) is 18.5 Å². The molecule has 0 radical (unpaired) electrons. The molecule has 4 nitrogen and oxygen atoms in total. The van der Waals surface area contributed by atoms with Crippen LogP contribution in [0.15, 0.2) is 16.9 Å². The van der Waals surface area contributed by atoms with Crippen LogP contribution in [0.2, 0.25) is 0 Å². The summed E-state index contributed by atoms with van der Waals surface area (Å²) >= 11 is 0. The monoisotopic (exact) mass is 235 g/mol. The molecular formula is C13H17NO3. The van der Waals surface area contributed by atoms with E-state index in [1.54, 1.807) is 17.7 Å². The fourth-order valence-corrected chi connectivity index (χ4v) is 2.23. The SMILES string of the molecule is COC(C)Cn1c2c(ccc1=O)C(=O)CCC2. The molecule has 1 heterocycles. The second-order valence-electron chi connectivity index (χ2n) is 4.47. The van der Waals surface area contributed by atoms with Crippen LogP contribution >= 0.6 is 0 Å². The van der Waals surface area contributed by atoms with Crippen molar-refractivity contribution in [2.45, 2.75) is 38.8 Å². The summed E-state index contributed by atoms with van der Waals surface area (Å²) in [6.07, 6.45) is 2.19. The minimum Gasteiger partial charge on any atom is -0.380 e. The standard InChI is InChI=1S/C13H17NO3/c1-9(17-2)8-14-11-4-3-5-12(15)10(11)6-7-13(14)16/h6-7,9H,3-5,8H2,1-2H3. The van der Waals surface area contributed by atoms with Gasteiger partial charge in [-0.1, -0.05) is 0 Å². The van der Waals surface area contributed by atoms with Crippen molar-refractivity contribution in [2.75, 3.05) is 7.11 Å². The summed E-state index contributed by atoms with van der Waals surface area (Å²) < 4.78 is 6.86. The van der Waals surface area contributed by atoms with Crippen molar-refractivity contribution in [1.29, 1.82) is 0 Å². The Balaban J connectivity index is 2.46. The number of aromatic nitrogens is 1. The molecule has 1 aromatic heterocycles. The topological polar surface area (TPSA) is 48.3 Å². The average molecular weight is 235 g/mol. The van der Waals surface area contributed by atoms with Gasteiger partial charge in [-0.25, -0.2) is 0 Å². The minimum absolute atomic E-state index is 0.0313. The summed E-state index contributed by atoms with van der Waals surface area (Å²) in [7, 11) is 1.62. The Bertz CT molecular complexity index is 490. The lowest BCUT2D eigenvalue weighted by Crippen LogP contribution is -2.31. The molecule has 1 aliphatic carbocycles. The van der Waals surface area contributed by atoms with Gasteiger partial charge in [-0.2, -0.15) is 0 Å². The lowest BCUT2D eigenvalue weighted by molar-refractivity contribution is 0.0950. The minimum atomic E-state index is -0.0534. The molecule has 2 rings (SSSR count). The van der Waals surface area contributed by atoms with Gasteiger partial charge in [0.25, 0.3) is 5.56 Å². The van der Waals surface area contributed by atoms with Gasteiger partial charge < -0.3 is 9.30 Å². The largest absolute Gasteiger partial charge is 0.380 e. The molecule has 1 atom stereocenters. The van der Waals surface area contributed by atoms with Crippen LogP contribution < -0.4 is 5.56 Å². The molecule has 1 aliphatic rings.